The molecule has 0 atom stereocenters. The summed E-state index contributed by atoms with van der Waals surface area (Å²) >= 11 is 0. The molecule has 0 spiro atoms. The molecule has 0 aliphatic heterocycles. The lowest BCUT2D eigenvalue weighted by atomic mass is 9.92. The Hall–Kier alpha value is -2.37. The summed E-state index contributed by atoms with van der Waals surface area (Å²) in [4.78, 5) is 25.2. The molecule has 1 N–H and O–H groups in total. The number of nitrogens with one attached hydrogen (secondary N) is 1. The van der Waals surface area contributed by atoms with Gasteiger partial charge in [0.2, 0.25) is 5.56 Å². The summed E-state index contributed by atoms with van der Waals surface area (Å²) in [6.07, 6.45) is -1.30. The summed E-state index contributed by atoms with van der Waals surface area (Å²) < 4.78 is 39.3. The van der Waals surface area contributed by atoms with Crippen LogP contribution in [0.15, 0.2) is 35.1 Å². The second kappa shape index (κ2) is 5.12. The van der Waals surface area contributed by atoms with E-state index in [0.717, 1.165) is 5.57 Å². The molecule has 1 aromatic carbocycles. The number of halogens is 3. The van der Waals surface area contributed by atoms with Crippen LogP contribution in [0, 0.1) is 0 Å². The zero-order valence-electron chi connectivity index (χ0n) is 11.5. The molecule has 3 rings (SSSR count). The average Bonchev–Trinajstić information content (AvgIpc) is 2.45. The van der Waals surface area contributed by atoms with Crippen LogP contribution in [0.3, 0.4) is 0 Å². The molecule has 114 valence electrons. The van der Waals surface area contributed by atoms with Crippen molar-refractivity contribution in [2.45, 2.75) is 25.4 Å². The lowest BCUT2D eigenvalue weighted by molar-refractivity contribution is -0.136. The number of alkyl halides is 3. The molecular formula is C16H12F3NO2. The fraction of sp³-hybridized carbons (Fsp3) is 0.250. The molecule has 1 heterocycles. The minimum Gasteiger partial charge on any atom is -0.322 e. The smallest absolute Gasteiger partial charge is 0.322 e. The number of benzene rings is 1. The van der Waals surface area contributed by atoms with Crippen molar-refractivity contribution >= 4 is 22.3 Å². The minimum atomic E-state index is -4.61. The molecule has 1 aliphatic rings. The number of fused-ring (bicyclic) bond motifs is 1. The van der Waals surface area contributed by atoms with Crippen molar-refractivity contribution in [2.24, 2.45) is 0 Å². The number of carbonyl (C=O) groups excluding carboxylic acids is 1. The highest BCUT2D eigenvalue weighted by atomic mass is 19.4. The summed E-state index contributed by atoms with van der Waals surface area (Å²) in [6, 6.07) is 5.02. The third-order valence-electron chi connectivity index (χ3n) is 3.72. The van der Waals surface area contributed by atoms with E-state index in [0.29, 0.717) is 30.9 Å². The van der Waals surface area contributed by atoms with Crippen molar-refractivity contribution in [1.29, 1.82) is 0 Å². The van der Waals surface area contributed by atoms with Crippen molar-refractivity contribution in [3.63, 3.8) is 0 Å². The molecule has 0 radical (unpaired) electrons. The van der Waals surface area contributed by atoms with Crippen LogP contribution in [-0.2, 0) is 11.0 Å². The van der Waals surface area contributed by atoms with Gasteiger partial charge in [0.1, 0.15) is 0 Å². The number of ketones is 1. The van der Waals surface area contributed by atoms with E-state index in [1.807, 2.05) is 0 Å². The van der Waals surface area contributed by atoms with Gasteiger partial charge >= 0.3 is 6.18 Å². The maximum absolute atomic E-state index is 13.1. The van der Waals surface area contributed by atoms with E-state index < -0.39 is 17.3 Å². The van der Waals surface area contributed by atoms with Crippen molar-refractivity contribution in [3.8, 4) is 0 Å². The number of hydrogen-bond donors (Lipinski definition) is 1. The summed E-state index contributed by atoms with van der Waals surface area (Å²) in [6.45, 7) is 0. The van der Waals surface area contributed by atoms with Gasteiger partial charge in [-0.1, -0.05) is 6.07 Å². The topological polar surface area (TPSA) is 49.9 Å². The third-order valence-corrected chi connectivity index (χ3v) is 3.72. The van der Waals surface area contributed by atoms with Crippen molar-refractivity contribution in [3.05, 3.63) is 51.8 Å². The van der Waals surface area contributed by atoms with Crippen LogP contribution < -0.4 is 5.56 Å². The van der Waals surface area contributed by atoms with Gasteiger partial charge in [0, 0.05) is 23.4 Å². The molecule has 3 nitrogen and oxygen atoms in total. The molecule has 22 heavy (non-hydrogen) atoms. The lowest BCUT2D eigenvalue weighted by Crippen LogP contribution is -2.14. The Bertz CT molecular complexity index is 847. The van der Waals surface area contributed by atoms with Crippen LogP contribution in [0.4, 0.5) is 13.2 Å². The lowest BCUT2D eigenvalue weighted by Gasteiger charge is -2.15. The van der Waals surface area contributed by atoms with Gasteiger partial charge in [-0.15, -0.1) is 0 Å². The van der Waals surface area contributed by atoms with E-state index in [1.165, 1.54) is 18.2 Å². The van der Waals surface area contributed by atoms with E-state index in [2.05, 4.69) is 4.98 Å². The summed E-state index contributed by atoms with van der Waals surface area (Å²) in [7, 11) is 0. The monoisotopic (exact) mass is 307 g/mol. The fourth-order valence-electron chi connectivity index (χ4n) is 2.71. The molecule has 6 heteroatoms. The molecule has 0 saturated carbocycles. The Kier molecular flexibility index (Phi) is 3.39. The van der Waals surface area contributed by atoms with Crippen LogP contribution in [0.5, 0.6) is 0 Å². The first kappa shape index (κ1) is 14.6. The SMILES string of the molecule is O=C1C=C(c2ccc3[nH]c(=O)cc(C(F)(F)F)c3c2)CCC1. The molecule has 0 bridgehead atoms. The highest BCUT2D eigenvalue weighted by Gasteiger charge is 2.33. The van der Waals surface area contributed by atoms with Crippen LogP contribution in [-0.4, -0.2) is 10.8 Å². The van der Waals surface area contributed by atoms with Crippen LogP contribution in [0.25, 0.3) is 16.5 Å². The standard InChI is InChI=1S/C16H12F3NO2/c17-16(18,19)13-8-15(22)20-14-5-4-10(7-12(13)14)9-2-1-3-11(21)6-9/h4-8H,1-3H2,(H,20,22). The Balaban J connectivity index is 2.23. The Morgan fingerprint density at radius 1 is 1.05 bits per heavy atom. The van der Waals surface area contributed by atoms with Gasteiger partial charge < -0.3 is 4.98 Å². The number of rotatable bonds is 1. The number of aromatic amines is 1. The third kappa shape index (κ3) is 2.68. The maximum Gasteiger partial charge on any atom is 0.417 e. The first-order chi connectivity index (χ1) is 10.3. The molecule has 2 aromatic rings. The normalized spacial score (nSPS) is 16.0. The molecular weight excluding hydrogens is 295 g/mol. The first-order valence-electron chi connectivity index (χ1n) is 6.83. The molecule has 1 aromatic heterocycles. The minimum absolute atomic E-state index is 0.0149. The van der Waals surface area contributed by atoms with Crippen LogP contribution >= 0.6 is 0 Å². The Labute approximate surface area is 123 Å². The number of H-pyrrole nitrogens is 1. The zero-order valence-corrected chi connectivity index (χ0v) is 11.5. The quantitative estimate of drug-likeness (QED) is 0.873. The predicted molar refractivity (Wildman–Crippen MR) is 76.4 cm³/mol. The largest absolute Gasteiger partial charge is 0.417 e. The highest BCUT2D eigenvalue weighted by Crippen LogP contribution is 2.35. The highest BCUT2D eigenvalue weighted by molar-refractivity contribution is 5.99. The Morgan fingerprint density at radius 2 is 1.82 bits per heavy atom. The maximum atomic E-state index is 13.1. The van der Waals surface area contributed by atoms with Gasteiger partial charge in [-0.3, -0.25) is 9.59 Å². The van der Waals surface area contributed by atoms with Gasteiger partial charge in [-0.2, -0.15) is 13.2 Å². The van der Waals surface area contributed by atoms with Gasteiger partial charge in [0.05, 0.1) is 5.56 Å². The van der Waals surface area contributed by atoms with E-state index in [-0.39, 0.29) is 16.7 Å². The summed E-state index contributed by atoms with van der Waals surface area (Å²) in [5.74, 6) is -0.0149. The van der Waals surface area contributed by atoms with Crippen molar-refractivity contribution in [2.75, 3.05) is 0 Å². The predicted octanol–water partition coefficient (Wildman–Crippen LogP) is 3.68. The molecule has 0 fully saturated rings. The van der Waals surface area contributed by atoms with Crippen LogP contribution in [0.1, 0.15) is 30.4 Å². The summed E-state index contributed by atoms with van der Waals surface area (Å²) in [5, 5.41) is -0.0662. The van der Waals surface area contributed by atoms with Gasteiger partial charge in [-0.25, -0.2) is 0 Å². The Morgan fingerprint density at radius 3 is 2.50 bits per heavy atom. The second-order valence-corrected chi connectivity index (χ2v) is 5.29. The number of hydrogen-bond acceptors (Lipinski definition) is 2. The van der Waals surface area contributed by atoms with Gasteiger partial charge in [0.15, 0.2) is 5.78 Å². The number of pyridine rings is 1. The van der Waals surface area contributed by atoms with E-state index in [9.17, 15) is 22.8 Å². The van der Waals surface area contributed by atoms with Crippen molar-refractivity contribution in [1.82, 2.24) is 4.98 Å². The molecule has 0 amide bonds. The zero-order chi connectivity index (χ0) is 15.9. The van der Waals surface area contributed by atoms with Crippen molar-refractivity contribution < 1.29 is 18.0 Å². The van der Waals surface area contributed by atoms with E-state index in [1.54, 1.807) is 6.07 Å². The van der Waals surface area contributed by atoms with Gasteiger partial charge in [-0.05, 0) is 42.2 Å². The number of aromatic nitrogens is 1. The average molecular weight is 307 g/mol. The van der Waals surface area contributed by atoms with E-state index >= 15 is 0 Å². The molecule has 0 unspecified atom stereocenters. The fourth-order valence-corrected chi connectivity index (χ4v) is 2.71. The molecule has 1 aliphatic carbocycles. The number of allylic oxidation sites excluding steroid dienone is 2. The van der Waals surface area contributed by atoms with Gasteiger partial charge in [0.25, 0.3) is 0 Å². The van der Waals surface area contributed by atoms with Crippen LogP contribution in [0.2, 0.25) is 0 Å². The summed E-state index contributed by atoms with van der Waals surface area (Å²) in [5.41, 5.74) is -0.308. The first-order valence-corrected chi connectivity index (χ1v) is 6.83. The number of carbonyl (C=O) groups is 1. The van der Waals surface area contributed by atoms with E-state index in [4.69, 9.17) is 0 Å². The molecule has 0 saturated heterocycles. The second-order valence-electron chi connectivity index (χ2n) is 5.29.